The predicted molar refractivity (Wildman–Crippen MR) is 95.5 cm³/mol. The van der Waals surface area contributed by atoms with Crippen LogP contribution in [0.5, 0.6) is 11.5 Å². The number of amides is 1. The zero-order valence-electron chi connectivity index (χ0n) is 14.1. The molecule has 5 nitrogen and oxygen atoms in total. The highest BCUT2D eigenvalue weighted by Crippen LogP contribution is 2.42. The summed E-state index contributed by atoms with van der Waals surface area (Å²) >= 11 is 5.83. The molecule has 0 saturated carbocycles. The number of aryl methyl sites for hydroxylation is 1. The number of benzene rings is 2. The predicted octanol–water partition coefficient (Wildman–Crippen LogP) is 2.92. The molecule has 1 aliphatic rings. The van der Waals surface area contributed by atoms with Gasteiger partial charge in [0.15, 0.2) is 11.5 Å². The lowest BCUT2D eigenvalue weighted by atomic mass is 9.95. The summed E-state index contributed by atoms with van der Waals surface area (Å²) in [6.07, 6.45) is 1.24. The molecule has 0 heterocycles. The van der Waals surface area contributed by atoms with E-state index in [4.69, 9.17) is 21.1 Å². The molecule has 0 fully saturated rings. The third-order valence-electron chi connectivity index (χ3n) is 4.57. The van der Waals surface area contributed by atoms with Crippen molar-refractivity contribution in [1.29, 1.82) is 0 Å². The Morgan fingerprint density at radius 3 is 2.48 bits per heavy atom. The van der Waals surface area contributed by atoms with Gasteiger partial charge in [-0.15, -0.1) is 0 Å². The minimum absolute atomic E-state index is 0.122. The van der Waals surface area contributed by atoms with Crippen molar-refractivity contribution in [2.24, 2.45) is 0 Å². The standard InChI is InChI=1S/C19H20ClNO4/c1-24-16-9-13-7-8-19(23,15(13)10-17(16)25-2)11-21-18(22)12-3-5-14(20)6-4-12/h3-6,9-10,23H,7-8,11H2,1-2H3,(H,21,22). The molecule has 1 amide bonds. The van der Waals surface area contributed by atoms with Crippen LogP contribution in [-0.2, 0) is 12.0 Å². The second kappa shape index (κ2) is 6.94. The number of carbonyl (C=O) groups excluding carboxylic acids is 1. The monoisotopic (exact) mass is 361 g/mol. The molecule has 0 radical (unpaired) electrons. The first kappa shape index (κ1) is 17.6. The highest BCUT2D eigenvalue weighted by atomic mass is 35.5. The van der Waals surface area contributed by atoms with Gasteiger partial charge in [0.05, 0.1) is 20.8 Å². The first-order chi connectivity index (χ1) is 12.0. The molecular formula is C19H20ClNO4. The number of ether oxygens (including phenoxy) is 2. The van der Waals surface area contributed by atoms with Crippen LogP contribution in [0, 0.1) is 0 Å². The fourth-order valence-corrected chi connectivity index (χ4v) is 3.28. The zero-order chi connectivity index (χ0) is 18.0. The third-order valence-corrected chi connectivity index (χ3v) is 4.82. The molecule has 2 aromatic rings. The topological polar surface area (TPSA) is 67.8 Å². The van der Waals surface area contributed by atoms with Gasteiger partial charge in [-0.1, -0.05) is 11.6 Å². The van der Waals surface area contributed by atoms with E-state index >= 15 is 0 Å². The minimum atomic E-state index is -1.13. The van der Waals surface area contributed by atoms with Crippen molar-refractivity contribution in [3.63, 3.8) is 0 Å². The van der Waals surface area contributed by atoms with E-state index in [1.165, 1.54) is 0 Å². The number of carbonyl (C=O) groups is 1. The van der Waals surface area contributed by atoms with Gasteiger partial charge >= 0.3 is 0 Å². The van der Waals surface area contributed by atoms with Gasteiger partial charge < -0.3 is 19.9 Å². The molecule has 2 N–H and O–H groups in total. The Morgan fingerprint density at radius 2 is 1.84 bits per heavy atom. The average Bonchev–Trinajstić information content (AvgIpc) is 2.95. The molecule has 132 valence electrons. The summed E-state index contributed by atoms with van der Waals surface area (Å²) in [5.41, 5.74) is 1.14. The number of halogens is 1. The first-order valence-corrected chi connectivity index (χ1v) is 8.36. The Balaban J connectivity index is 1.78. The van der Waals surface area contributed by atoms with Crippen LogP contribution in [0.1, 0.15) is 27.9 Å². The first-order valence-electron chi connectivity index (χ1n) is 7.98. The molecule has 25 heavy (non-hydrogen) atoms. The van der Waals surface area contributed by atoms with Gasteiger partial charge in [0.1, 0.15) is 5.60 Å². The summed E-state index contributed by atoms with van der Waals surface area (Å²) < 4.78 is 10.6. The highest BCUT2D eigenvalue weighted by Gasteiger charge is 2.38. The van der Waals surface area contributed by atoms with Gasteiger partial charge in [-0.25, -0.2) is 0 Å². The molecule has 1 atom stereocenters. The van der Waals surface area contributed by atoms with Crippen LogP contribution in [-0.4, -0.2) is 31.8 Å². The number of aliphatic hydroxyl groups is 1. The van der Waals surface area contributed by atoms with Gasteiger partial charge in [0.25, 0.3) is 5.91 Å². The Kier molecular flexibility index (Phi) is 4.88. The zero-order valence-corrected chi connectivity index (χ0v) is 14.9. The summed E-state index contributed by atoms with van der Waals surface area (Å²) in [6, 6.07) is 10.3. The second-order valence-electron chi connectivity index (χ2n) is 6.09. The van der Waals surface area contributed by atoms with Crippen LogP contribution < -0.4 is 14.8 Å². The lowest BCUT2D eigenvalue weighted by Gasteiger charge is -2.25. The molecular weight excluding hydrogens is 342 g/mol. The van der Waals surface area contributed by atoms with E-state index in [-0.39, 0.29) is 12.5 Å². The Hall–Kier alpha value is -2.24. The fraction of sp³-hybridized carbons (Fsp3) is 0.316. The van der Waals surface area contributed by atoms with E-state index in [0.29, 0.717) is 34.9 Å². The molecule has 2 aromatic carbocycles. The van der Waals surface area contributed by atoms with Crippen molar-refractivity contribution < 1.29 is 19.4 Å². The van der Waals surface area contributed by atoms with Crippen molar-refractivity contribution in [3.8, 4) is 11.5 Å². The number of fused-ring (bicyclic) bond motifs is 1. The molecule has 1 unspecified atom stereocenters. The minimum Gasteiger partial charge on any atom is -0.493 e. The lowest BCUT2D eigenvalue weighted by Crippen LogP contribution is -2.39. The van der Waals surface area contributed by atoms with Crippen LogP contribution in [0.3, 0.4) is 0 Å². The smallest absolute Gasteiger partial charge is 0.251 e. The van der Waals surface area contributed by atoms with Crippen molar-refractivity contribution in [2.75, 3.05) is 20.8 Å². The molecule has 0 aromatic heterocycles. The molecule has 3 rings (SSSR count). The normalized spacial score (nSPS) is 18.6. The SMILES string of the molecule is COc1cc2c(cc1OC)C(O)(CNC(=O)c1ccc(Cl)cc1)CC2. The van der Waals surface area contributed by atoms with Crippen LogP contribution in [0.15, 0.2) is 36.4 Å². The number of rotatable bonds is 5. The molecule has 0 saturated heterocycles. The van der Waals surface area contributed by atoms with E-state index in [0.717, 1.165) is 11.1 Å². The van der Waals surface area contributed by atoms with Crippen molar-refractivity contribution in [1.82, 2.24) is 5.32 Å². The second-order valence-corrected chi connectivity index (χ2v) is 6.52. The Labute approximate surface area is 151 Å². The maximum Gasteiger partial charge on any atom is 0.251 e. The fourth-order valence-electron chi connectivity index (χ4n) is 3.15. The van der Waals surface area contributed by atoms with E-state index in [9.17, 15) is 9.90 Å². The van der Waals surface area contributed by atoms with Gasteiger partial charge in [-0.2, -0.15) is 0 Å². The molecule has 0 bridgehead atoms. The maximum atomic E-state index is 12.3. The van der Waals surface area contributed by atoms with Crippen LogP contribution >= 0.6 is 11.6 Å². The van der Waals surface area contributed by atoms with Crippen molar-refractivity contribution in [2.45, 2.75) is 18.4 Å². The summed E-state index contributed by atoms with van der Waals surface area (Å²) in [5.74, 6) is 0.945. The number of hydrogen-bond donors (Lipinski definition) is 2. The Bertz CT molecular complexity index is 791. The van der Waals surface area contributed by atoms with Crippen LogP contribution in [0.2, 0.25) is 5.02 Å². The molecule has 1 aliphatic carbocycles. The summed E-state index contributed by atoms with van der Waals surface area (Å²) in [4.78, 5) is 12.3. The number of nitrogens with one attached hydrogen (secondary N) is 1. The van der Waals surface area contributed by atoms with E-state index in [1.807, 2.05) is 6.07 Å². The highest BCUT2D eigenvalue weighted by molar-refractivity contribution is 6.30. The number of methoxy groups -OCH3 is 2. The maximum absolute atomic E-state index is 12.3. The van der Waals surface area contributed by atoms with Crippen molar-refractivity contribution >= 4 is 17.5 Å². The van der Waals surface area contributed by atoms with Gasteiger partial charge in [-0.05, 0) is 60.4 Å². The quantitative estimate of drug-likeness (QED) is 0.859. The van der Waals surface area contributed by atoms with Gasteiger partial charge in [-0.3, -0.25) is 4.79 Å². The average molecular weight is 362 g/mol. The van der Waals surface area contributed by atoms with Crippen molar-refractivity contribution in [3.05, 3.63) is 58.1 Å². The summed E-state index contributed by atoms with van der Waals surface area (Å²) in [7, 11) is 3.14. The largest absolute Gasteiger partial charge is 0.493 e. The van der Waals surface area contributed by atoms with Gasteiger partial charge in [0, 0.05) is 10.6 Å². The van der Waals surface area contributed by atoms with E-state index in [1.54, 1.807) is 44.6 Å². The Morgan fingerprint density at radius 1 is 1.20 bits per heavy atom. The third kappa shape index (κ3) is 3.43. The van der Waals surface area contributed by atoms with E-state index in [2.05, 4.69) is 5.32 Å². The molecule has 6 heteroatoms. The van der Waals surface area contributed by atoms with E-state index < -0.39 is 5.60 Å². The summed E-state index contributed by atoms with van der Waals surface area (Å²) in [6.45, 7) is 0.122. The van der Waals surface area contributed by atoms with Gasteiger partial charge in [0.2, 0.25) is 0 Å². The molecule has 0 spiro atoms. The van der Waals surface area contributed by atoms with Crippen LogP contribution in [0.25, 0.3) is 0 Å². The summed E-state index contributed by atoms with van der Waals surface area (Å²) in [5, 5.41) is 14.4. The van der Waals surface area contributed by atoms with Crippen LogP contribution in [0.4, 0.5) is 0 Å². The lowest BCUT2D eigenvalue weighted by molar-refractivity contribution is 0.0368. The number of hydrogen-bond acceptors (Lipinski definition) is 4. The molecule has 0 aliphatic heterocycles.